The Bertz CT molecular complexity index is 1250. The SMILES string of the molecule is NS(=O)(=O)c1ccc(C2(c3ccc4c(c3)OCO4)CNC(c3ccccc3Cl)S2)cc1. The molecule has 0 aliphatic carbocycles. The molecular formula is C22H19ClN2O4S2. The number of nitrogens with one attached hydrogen (secondary N) is 1. The van der Waals surface area contributed by atoms with Gasteiger partial charge in [-0.3, -0.25) is 5.32 Å². The predicted molar refractivity (Wildman–Crippen MR) is 121 cm³/mol. The number of primary sulfonamides is 1. The summed E-state index contributed by atoms with van der Waals surface area (Å²) in [5.74, 6) is 1.40. The minimum absolute atomic E-state index is 0.0444. The highest BCUT2D eigenvalue weighted by Gasteiger charge is 2.44. The summed E-state index contributed by atoms with van der Waals surface area (Å²) in [4.78, 5) is 0.0793. The molecule has 31 heavy (non-hydrogen) atoms. The number of halogens is 1. The second-order valence-corrected chi connectivity index (χ2v) is 10.7. The minimum atomic E-state index is -3.77. The van der Waals surface area contributed by atoms with E-state index in [0.29, 0.717) is 23.1 Å². The Kier molecular flexibility index (Phi) is 5.15. The molecule has 3 N–H and O–H groups in total. The summed E-state index contributed by atoms with van der Waals surface area (Å²) >= 11 is 8.18. The van der Waals surface area contributed by atoms with Gasteiger partial charge < -0.3 is 9.47 Å². The molecule has 5 rings (SSSR count). The molecule has 2 aliphatic heterocycles. The van der Waals surface area contributed by atoms with E-state index in [0.717, 1.165) is 16.7 Å². The highest BCUT2D eigenvalue weighted by atomic mass is 35.5. The molecule has 1 saturated heterocycles. The lowest BCUT2D eigenvalue weighted by Gasteiger charge is -2.29. The average Bonchev–Trinajstić information content (AvgIpc) is 3.41. The van der Waals surface area contributed by atoms with Crippen molar-refractivity contribution in [2.75, 3.05) is 13.3 Å². The van der Waals surface area contributed by atoms with E-state index in [1.54, 1.807) is 23.9 Å². The maximum absolute atomic E-state index is 11.7. The maximum atomic E-state index is 11.7. The van der Waals surface area contributed by atoms with Crippen molar-refractivity contribution in [2.45, 2.75) is 15.0 Å². The molecule has 6 nitrogen and oxygen atoms in total. The van der Waals surface area contributed by atoms with Crippen molar-refractivity contribution < 1.29 is 17.9 Å². The van der Waals surface area contributed by atoms with E-state index in [1.165, 1.54) is 0 Å². The van der Waals surface area contributed by atoms with Gasteiger partial charge in [0.25, 0.3) is 0 Å². The van der Waals surface area contributed by atoms with Crippen LogP contribution in [-0.4, -0.2) is 21.8 Å². The van der Waals surface area contributed by atoms with Gasteiger partial charge in [0, 0.05) is 11.6 Å². The van der Waals surface area contributed by atoms with Crippen LogP contribution >= 0.6 is 23.4 Å². The number of hydrogen-bond acceptors (Lipinski definition) is 6. The molecule has 1 fully saturated rings. The van der Waals surface area contributed by atoms with Gasteiger partial charge in [-0.25, -0.2) is 13.6 Å². The van der Waals surface area contributed by atoms with E-state index in [-0.39, 0.29) is 17.1 Å². The fourth-order valence-electron chi connectivity index (χ4n) is 3.95. The fraction of sp³-hybridized carbons (Fsp3) is 0.182. The summed E-state index contributed by atoms with van der Waals surface area (Å²) in [6.45, 7) is 0.810. The Morgan fingerprint density at radius 2 is 1.71 bits per heavy atom. The molecule has 2 aliphatic rings. The number of nitrogens with two attached hydrogens (primary N) is 1. The molecule has 160 valence electrons. The van der Waals surface area contributed by atoms with E-state index >= 15 is 0 Å². The summed E-state index contributed by atoms with van der Waals surface area (Å²) in [6.07, 6.45) is 0. The maximum Gasteiger partial charge on any atom is 0.238 e. The highest BCUT2D eigenvalue weighted by molar-refractivity contribution is 8.00. The first-order valence-electron chi connectivity index (χ1n) is 9.56. The van der Waals surface area contributed by atoms with E-state index in [1.807, 2.05) is 54.6 Å². The van der Waals surface area contributed by atoms with Crippen LogP contribution in [0.2, 0.25) is 5.02 Å². The summed E-state index contributed by atoms with van der Waals surface area (Å²) in [6, 6.07) is 20.4. The molecule has 0 amide bonds. The fourth-order valence-corrected chi connectivity index (χ4v) is 6.38. The van der Waals surface area contributed by atoms with Crippen molar-refractivity contribution in [3.63, 3.8) is 0 Å². The third-order valence-corrected chi connectivity index (χ3v) is 8.48. The zero-order chi connectivity index (χ0) is 21.6. The topological polar surface area (TPSA) is 90.7 Å². The van der Waals surface area contributed by atoms with Crippen LogP contribution in [0.5, 0.6) is 11.5 Å². The third kappa shape index (κ3) is 3.68. The highest BCUT2D eigenvalue weighted by Crippen LogP contribution is 2.55. The van der Waals surface area contributed by atoms with Crippen LogP contribution in [0, 0.1) is 0 Å². The van der Waals surface area contributed by atoms with Crippen LogP contribution in [0.4, 0.5) is 0 Å². The van der Waals surface area contributed by atoms with Crippen LogP contribution in [0.25, 0.3) is 0 Å². The Morgan fingerprint density at radius 3 is 2.45 bits per heavy atom. The predicted octanol–water partition coefficient (Wildman–Crippen LogP) is 3.99. The lowest BCUT2D eigenvalue weighted by atomic mass is 9.90. The van der Waals surface area contributed by atoms with Gasteiger partial charge in [-0.2, -0.15) is 0 Å². The summed E-state index contributed by atoms with van der Waals surface area (Å²) in [5.41, 5.74) is 2.97. The monoisotopic (exact) mass is 474 g/mol. The first-order valence-corrected chi connectivity index (χ1v) is 12.4. The van der Waals surface area contributed by atoms with Gasteiger partial charge in [-0.1, -0.05) is 48.0 Å². The van der Waals surface area contributed by atoms with Crippen molar-refractivity contribution in [3.05, 3.63) is 88.4 Å². The van der Waals surface area contributed by atoms with Gasteiger partial charge in [-0.15, -0.1) is 11.8 Å². The quantitative estimate of drug-likeness (QED) is 0.594. The second-order valence-electron chi connectivity index (χ2n) is 7.36. The van der Waals surface area contributed by atoms with Crippen molar-refractivity contribution in [1.82, 2.24) is 5.32 Å². The van der Waals surface area contributed by atoms with E-state index in [9.17, 15) is 8.42 Å². The largest absolute Gasteiger partial charge is 0.454 e. The average molecular weight is 475 g/mol. The zero-order valence-electron chi connectivity index (χ0n) is 16.2. The number of thioether (sulfide) groups is 1. The van der Waals surface area contributed by atoms with Gasteiger partial charge >= 0.3 is 0 Å². The van der Waals surface area contributed by atoms with Gasteiger partial charge in [0.05, 0.1) is 15.0 Å². The first-order chi connectivity index (χ1) is 14.9. The van der Waals surface area contributed by atoms with Crippen molar-refractivity contribution in [3.8, 4) is 11.5 Å². The second kappa shape index (κ2) is 7.72. The first kappa shape index (κ1) is 20.7. The lowest BCUT2D eigenvalue weighted by molar-refractivity contribution is 0.174. The van der Waals surface area contributed by atoms with Crippen LogP contribution in [0.1, 0.15) is 22.1 Å². The molecule has 2 atom stereocenters. The Balaban J connectivity index is 1.61. The molecule has 0 aromatic heterocycles. The number of sulfonamides is 1. The Hall–Kier alpha value is -2.23. The van der Waals surface area contributed by atoms with E-state index in [4.69, 9.17) is 26.2 Å². The summed E-state index contributed by atoms with van der Waals surface area (Å²) in [7, 11) is -3.77. The zero-order valence-corrected chi connectivity index (χ0v) is 18.6. The number of hydrogen-bond donors (Lipinski definition) is 2. The number of ether oxygens (including phenoxy) is 2. The van der Waals surface area contributed by atoms with Crippen LogP contribution < -0.4 is 19.9 Å². The molecular weight excluding hydrogens is 456 g/mol. The van der Waals surface area contributed by atoms with Gasteiger partial charge in [0.15, 0.2) is 11.5 Å². The molecule has 0 spiro atoms. The molecule has 2 unspecified atom stereocenters. The Morgan fingerprint density at radius 1 is 1.00 bits per heavy atom. The number of benzene rings is 3. The normalized spacial score (nSPS) is 22.6. The standard InChI is InChI=1S/C22H19ClN2O4S2/c23-18-4-2-1-3-17(18)21-25-12-22(30-21,14-5-8-16(9-6-14)31(24,26)27)15-7-10-19-20(11-15)29-13-28-19/h1-11,21,25H,12-13H2,(H2,24,26,27). The third-order valence-electron chi connectivity index (χ3n) is 5.53. The van der Waals surface area contributed by atoms with Crippen LogP contribution in [-0.2, 0) is 14.8 Å². The van der Waals surface area contributed by atoms with Crippen LogP contribution in [0.15, 0.2) is 71.6 Å². The van der Waals surface area contributed by atoms with Gasteiger partial charge in [-0.05, 0) is 47.0 Å². The summed E-state index contributed by atoms with van der Waals surface area (Å²) < 4.78 is 34.0. The van der Waals surface area contributed by atoms with Gasteiger partial charge in [0.1, 0.15) is 0 Å². The molecule has 0 radical (unpaired) electrons. The molecule has 3 aromatic carbocycles. The minimum Gasteiger partial charge on any atom is -0.454 e. The van der Waals surface area contributed by atoms with Gasteiger partial charge in [0.2, 0.25) is 16.8 Å². The molecule has 0 saturated carbocycles. The van der Waals surface area contributed by atoms with Crippen LogP contribution in [0.3, 0.4) is 0 Å². The number of fused-ring (bicyclic) bond motifs is 1. The smallest absolute Gasteiger partial charge is 0.238 e. The lowest BCUT2D eigenvalue weighted by Crippen LogP contribution is -2.28. The van der Waals surface area contributed by atoms with Crippen molar-refractivity contribution in [1.29, 1.82) is 0 Å². The molecule has 2 heterocycles. The van der Waals surface area contributed by atoms with E-state index < -0.39 is 14.8 Å². The summed E-state index contributed by atoms with van der Waals surface area (Å²) in [5, 5.41) is 9.52. The van der Waals surface area contributed by atoms with Crippen molar-refractivity contribution >= 4 is 33.4 Å². The van der Waals surface area contributed by atoms with Crippen molar-refractivity contribution in [2.24, 2.45) is 5.14 Å². The molecule has 9 heteroatoms. The van der Waals surface area contributed by atoms with E-state index in [2.05, 4.69) is 5.32 Å². The Labute approximate surface area is 189 Å². The number of rotatable bonds is 4. The molecule has 3 aromatic rings. The molecule has 0 bridgehead atoms.